The van der Waals surface area contributed by atoms with E-state index in [0.717, 1.165) is 16.0 Å². The summed E-state index contributed by atoms with van der Waals surface area (Å²) in [4.78, 5) is 30.7. The summed E-state index contributed by atoms with van der Waals surface area (Å²) in [5.41, 5.74) is 3.03. The van der Waals surface area contributed by atoms with Gasteiger partial charge in [-0.15, -0.1) is 23.1 Å². The highest BCUT2D eigenvalue weighted by Crippen LogP contribution is 2.33. The standard InChI is InChI=1S/C28H23Cl2N3O2S2/c1-2-25(27(35)33-28-32-24(17-36-28)22-13-12-19(29)15-23(22)30)37-21-10-6-9-20(16-21)31-26(34)14-11-18-7-4-3-5-8-18/h3-17,25H,2H2,1H3,(H,31,34)(H,32,33,35)/b14-11+. The summed E-state index contributed by atoms with van der Waals surface area (Å²) < 4.78 is 0. The van der Waals surface area contributed by atoms with Gasteiger partial charge in [-0.1, -0.05) is 66.5 Å². The normalized spacial score (nSPS) is 11.9. The van der Waals surface area contributed by atoms with E-state index in [0.29, 0.717) is 33.0 Å². The lowest BCUT2D eigenvalue weighted by Gasteiger charge is -2.14. The smallest absolute Gasteiger partial charge is 0.248 e. The van der Waals surface area contributed by atoms with E-state index in [1.807, 2.05) is 66.9 Å². The second kappa shape index (κ2) is 12.9. The lowest BCUT2D eigenvalue weighted by atomic mass is 10.2. The maximum atomic E-state index is 13.0. The van der Waals surface area contributed by atoms with Gasteiger partial charge in [0.05, 0.1) is 16.0 Å². The quantitative estimate of drug-likeness (QED) is 0.157. The molecule has 0 saturated heterocycles. The Kier molecular flexibility index (Phi) is 9.41. The number of nitrogens with zero attached hydrogens (tertiary/aromatic N) is 1. The topological polar surface area (TPSA) is 71.1 Å². The molecule has 0 radical (unpaired) electrons. The van der Waals surface area contributed by atoms with Gasteiger partial charge in [-0.3, -0.25) is 9.59 Å². The van der Waals surface area contributed by atoms with E-state index in [1.165, 1.54) is 29.2 Å². The minimum atomic E-state index is -0.338. The Hall–Kier alpha value is -3.10. The van der Waals surface area contributed by atoms with Gasteiger partial charge < -0.3 is 10.6 Å². The first-order chi connectivity index (χ1) is 17.9. The fourth-order valence-electron chi connectivity index (χ4n) is 3.39. The molecule has 1 atom stereocenters. The number of hydrogen-bond acceptors (Lipinski definition) is 5. The van der Waals surface area contributed by atoms with Crippen molar-refractivity contribution in [3.05, 3.63) is 99.9 Å². The predicted octanol–water partition coefficient (Wildman–Crippen LogP) is 8.28. The highest BCUT2D eigenvalue weighted by Gasteiger charge is 2.20. The molecule has 1 aromatic heterocycles. The van der Waals surface area contributed by atoms with Crippen LogP contribution in [0.2, 0.25) is 10.0 Å². The lowest BCUT2D eigenvalue weighted by molar-refractivity contribution is -0.115. The average Bonchev–Trinajstić information content (AvgIpc) is 3.34. The van der Waals surface area contributed by atoms with Gasteiger partial charge in [0.2, 0.25) is 11.8 Å². The van der Waals surface area contributed by atoms with Gasteiger partial charge >= 0.3 is 0 Å². The second-order valence-corrected chi connectivity index (χ2v) is 10.9. The van der Waals surface area contributed by atoms with Gasteiger partial charge in [-0.2, -0.15) is 0 Å². The molecule has 37 heavy (non-hydrogen) atoms. The summed E-state index contributed by atoms with van der Waals surface area (Å²) >= 11 is 15.0. The van der Waals surface area contributed by atoms with Gasteiger partial charge in [-0.05, 0) is 54.5 Å². The molecule has 188 valence electrons. The van der Waals surface area contributed by atoms with E-state index in [2.05, 4.69) is 15.6 Å². The van der Waals surface area contributed by atoms with Gasteiger partial charge in [0.25, 0.3) is 0 Å². The Morgan fingerprint density at radius 2 is 1.84 bits per heavy atom. The molecular weight excluding hydrogens is 545 g/mol. The van der Waals surface area contributed by atoms with Crippen molar-refractivity contribution in [2.24, 2.45) is 0 Å². The van der Waals surface area contributed by atoms with Crippen molar-refractivity contribution in [3.63, 3.8) is 0 Å². The molecule has 4 aromatic rings. The molecule has 1 unspecified atom stereocenters. The minimum absolute atomic E-state index is 0.143. The molecule has 0 fully saturated rings. The van der Waals surface area contributed by atoms with E-state index >= 15 is 0 Å². The monoisotopic (exact) mass is 567 g/mol. The van der Waals surface area contributed by atoms with Crippen LogP contribution in [0, 0.1) is 0 Å². The number of halogens is 2. The van der Waals surface area contributed by atoms with Gasteiger partial charge in [-0.25, -0.2) is 4.98 Å². The number of anilines is 2. The van der Waals surface area contributed by atoms with Crippen LogP contribution in [0.5, 0.6) is 0 Å². The van der Waals surface area contributed by atoms with Crippen LogP contribution in [0.25, 0.3) is 17.3 Å². The molecule has 3 aromatic carbocycles. The Morgan fingerprint density at radius 1 is 1.03 bits per heavy atom. The summed E-state index contributed by atoms with van der Waals surface area (Å²) in [6, 6.07) is 22.3. The molecule has 0 aliphatic heterocycles. The van der Waals surface area contributed by atoms with E-state index in [-0.39, 0.29) is 17.1 Å². The zero-order chi connectivity index (χ0) is 26.2. The largest absolute Gasteiger partial charge is 0.322 e. The van der Waals surface area contributed by atoms with Crippen LogP contribution in [0.1, 0.15) is 18.9 Å². The number of aromatic nitrogens is 1. The Bertz CT molecular complexity index is 1420. The zero-order valence-corrected chi connectivity index (χ0v) is 22.9. The number of thiazole rings is 1. The third-order valence-corrected chi connectivity index (χ3v) is 7.87. The molecule has 1 heterocycles. The van der Waals surface area contributed by atoms with Crippen molar-refractivity contribution in [3.8, 4) is 11.3 Å². The highest BCUT2D eigenvalue weighted by atomic mass is 35.5. The number of benzene rings is 3. The van der Waals surface area contributed by atoms with Crippen LogP contribution < -0.4 is 10.6 Å². The first kappa shape index (κ1) is 26.9. The number of nitrogens with one attached hydrogen (secondary N) is 2. The van der Waals surface area contributed by atoms with Crippen molar-refractivity contribution in [1.29, 1.82) is 0 Å². The number of amides is 2. The van der Waals surface area contributed by atoms with E-state index in [1.54, 1.807) is 24.3 Å². The highest BCUT2D eigenvalue weighted by molar-refractivity contribution is 8.00. The molecule has 0 spiro atoms. The molecule has 0 saturated carbocycles. The number of hydrogen-bond donors (Lipinski definition) is 2. The zero-order valence-electron chi connectivity index (χ0n) is 19.8. The van der Waals surface area contributed by atoms with Crippen molar-refractivity contribution >= 4 is 75.0 Å². The van der Waals surface area contributed by atoms with Crippen molar-refractivity contribution in [2.45, 2.75) is 23.5 Å². The molecule has 2 amide bonds. The van der Waals surface area contributed by atoms with Crippen molar-refractivity contribution in [1.82, 2.24) is 4.98 Å². The number of rotatable bonds is 9. The third kappa shape index (κ3) is 7.69. The number of thioether (sulfide) groups is 1. The second-order valence-electron chi connectivity index (χ2n) is 7.93. The summed E-state index contributed by atoms with van der Waals surface area (Å²) in [6.07, 6.45) is 3.88. The SMILES string of the molecule is CCC(Sc1cccc(NC(=O)/C=C/c2ccccc2)c1)C(=O)Nc1nc(-c2ccc(Cl)cc2Cl)cs1. The number of carbonyl (C=O) groups is 2. The Morgan fingerprint density at radius 3 is 2.59 bits per heavy atom. The molecule has 0 aliphatic rings. The lowest BCUT2D eigenvalue weighted by Crippen LogP contribution is -2.24. The number of carbonyl (C=O) groups excluding carboxylic acids is 2. The summed E-state index contributed by atoms with van der Waals surface area (Å²) in [5.74, 6) is -0.369. The van der Waals surface area contributed by atoms with Crippen LogP contribution in [0.4, 0.5) is 10.8 Å². The minimum Gasteiger partial charge on any atom is -0.322 e. The molecule has 5 nitrogen and oxygen atoms in total. The maximum Gasteiger partial charge on any atom is 0.248 e. The molecule has 0 bridgehead atoms. The van der Waals surface area contributed by atoms with Crippen LogP contribution in [0.15, 0.2) is 89.1 Å². The molecule has 4 rings (SSSR count). The Balaban J connectivity index is 1.37. The summed E-state index contributed by atoms with van der Waals surface area (Å²) in [5, 5.41) is 8.84. The van der Waals surface area contributed by atoms with Crippen LogP contribution in [-0.4, -0.2) is 22.0 Å². The molecular formula is C28H23Cl2N3O2S2. The maximum absolute atomic E-state index is 13.0. The molecule has 9 heteroatoms. The fourth-order valence-corrected chi connectivity index (χ4v) is 5.62. The van der Waals surface area contributed by atoms with Gasteiger partial charge in [0.15, 0.2) is 5.13 Å². The molecule has 0 aliphatic carbocycles. The van der Waals surface area contributed by atoms with Crippen LogP contribution >= 0.6 is 46.3 Å². The average molecular weight is 569 g/mol. The Labute approximate surface area is 233 Å². The predicted molar refractivity (Wildman–Crippen MR) is 157 cm³/mol. The van der Waals surface area contributed by atoms with Crippen LogP contribution in [-0.2, 0) is 9.59 Å². The fraction of sp³-hybridized carbons (Fsp3) is 0.107. The van der Waals surface area contributed by atoms with Crippen LogP contribution in [0.3, 0.4) is 0 Å². The van der Waals surface area contributed by atoms with Gasteiger partial charge in [0.1, 0.15) is 0 Å². The van der Waals surface area contributed by atoms with Gasteiger partial charge in [0, 0.05) is 32.6 Å². The molecule has 2 N–H and O–H groups in total. The first-order valence-electron chi connectivity index (χ1n) is 11.4. The summed E-state index contributed by atoms with van der Waals surface area (Å²) in [7, 11) is 0. The van der Waals surface area contributed by atoms with E-state index in [4.69, 9.17) is 23.2 Å². The third-order valence-electron chi connectivity index (χ3n) is 5.21. The van der Waals surface area contributed by atoms with E-state index in [9.17, 15) is 9.59 Å². The first-order valence-corrected chi connectivity index (χ1v) is 14.0. The van der Waals surface area contributed by atoms with E-state index < -0.39 is 0 Å². The summed E-state index contributed by atoms with van der Waals surface area (Å²) in [6.45, 7) is 1.96. The van der Waals surface area contributed by atoms with Crippen molar-refractivity contribution < 1.29 is 9.59 Å². The van der Waals surface area contributed by atoms with Crippen molar-refractivity contribution in [2.75, 3.05) is 10.6 Å².